The Morgan fingerprint density at radius 3 is 2.57 bits per heavy atom. The molecule has 0 aromatic heterocycles. The lowest BCUT2D eigenvalue weighted by Crippen LogP contribution is -2.38. The summed E-state index contributed by atoms with van der Waals surface area (Å²) in [7, 11) is 0. The van der Waals surface area contributed by atoms with E-state index < -0.39 is 0 Å². The van der Waals surface area contributed by atoms with Crippen LogP contribution in [-0.4, -0.2) is 11.6 Å². The van der Waals surface area contributed by atoms with E-state index in [1.807, 2.05) is 13.8 Å². The maximum atomic E-state index is 11.6. The fraction of sp³-hybridized carbons (Fsp3) is 0.917. The van der Waals surface area contributed by atoms with Crippen LogP contribution in [0.2, 0.25) is 0 Å². The van der Waals surface area contributed by atoms with Crippen molar-refractivity contribution in [3.05, 3.63) is 0 Å². The summed E-state index contributed by atoms with van der Waals surface area (Å²) < 4.78 is 5.66. The Balaban J connectivity index is 2.00. The van der Waals surface area contributed by atoms with Crippen molar-refractivity contribution in [3.8, 4) is 0 Å². The molecule has 0 aromatic carbocycles. The molecule has 2 heteroatoms. The predicted octanol–water partition coefficient (Wildman–Crippen LogP) is 2.76. The van der Waals surface area contributed by atoms with E-state index in [9.17, 15) is 4.79 Å². The molecule has 2 bridgehead atoms. The number of ether oxygens (including phenoxy) is 1. The summed E-state index contributed by atoms with van der Waals surface area (Å²) in [5.74, 6) is 1.44. The first-order valence-corrected chi connectivity index (χ1v) is 5.74. The van der Waals surface area contributed by atoms with Crippen molar-refractivity contribution < 1.29 is 9.53 Å². The highest BCUT2D eigenvalue weighted by molar-refractivity contribution is 5.72. The van der Waals surface area contributed by atoms with Crippen LogP contribution in [0.3, 0.4) is 0 Å². The van der Waals surface area contributed by atoms with Crippen molar-refractivity contribution in [2.75, 3.05) is 0 Å². The van der Waals surface area contributed by atoms with E-state index >= 15 is 0 Å². The SMILES string of the molecule is CC(C)C(=O)OC1(C)CC2CCC1C2. The topological polar surface area (TPSA) is 26.3 Å². The van der Waals surface area contributed by atoms with Gasteiger partial charge in [0.15, 0.2) is 0 Å². The molecule has 0 aliphatic heterocycles. The van der Waals surface area contributed by atoms with Crippen LogP contribution >= 0.6 is 0 Å². The van der Waals surface area contributed by atoms with Gasteiger partial charge in [-0.2, -0.15) is 0 Å². The molecule has 0 amide bonds. The summed E-state index contributed by atoms with van der Waals surface area (Å²) in [6.07, 6.45) is 4.98. The van der Waals surface area contributed by atoms with Crippen LogP contribution in [0.4, 0.5) is 0 Å². The van der Waals surface area contributed by atoms with Gasteiger partial charge in [-0.25, -0.2) is 0 Å². The van der Waals surface area contributed by atoms with E-state index in [0.717, 1.165) is 12.3 Å². The Kier molecular flexibility index (Phi) is 2.32. The molecular formula is C12H20O2. The Morgan fingerprint density at radius 2 is 2.14 bits per heavy atom. The number of carbonyl (C=O) groups excluding carboxylic acids is 1. The first kappa shape index (κ1) is 10.0. The molecule has 2 saturated carbocycles. The summed E-state index contributed by atoms with van der Waals surface area (Å²) in [6.45, 7) is 5.93. The second kappa shape index (κ2) is 3.25. The van der Waals surface area contributed by atoms with Crippen LogP contribution < -0.4 is 0 Å². The molecule has 0 spiro atoms. The smallest absolute Gasteiger partial charge is 0.308 e. The minimum Gasteiger partial charge on any atom is -0.459 e. The van der Waals surface area contributed by atoms with Gasteiger partial charge in [-0.05, 0) is 44.4 Å². The van der Waals surface area contributed by atoms with Crippen molar-refractivity contribution in [2.24, 2.45) is 17.8 Å². The third-order valence-corrected chi connectivity index (χ3v) is 3.90. The first-order chi connectivity index (χ1) is 6.51. The molecule has 2 fully saturated rings. The molecule has 0 saturated heterocycles. The third kappa shape index (κ3) is 1.55. The van der Waals surface area contributed by atoms with Gasteiger partial charge in [0.05, 0.1) is 5.92 Å². The standard InChI is InChI=1S/C12H20O2/c1-8(2)11(13)14-12(3)7-9-4-5-10(12)6-9/h8-10H,4-7H2,1-3H3. The summed E-state index contributed by atoms with van der Waals surface area (Å²) in [6, 6.07) is 0. The van der Waals surface area contributed by atoms with Gasteiger partial charge >= 0.3 is 5.97 Å². The number of hydrogen-bond acceptors (Lipinski definition) is 2. The lowest BCUT2D eigenvalue weighted by Gasteiger charge is -2.34. The zero-order valence-electron chi connectivity index (χ0n) is 9.38. The van der Waals surface area contributed by atoms with E-state index in [-0.39, 0.29) is 17.5 Å². The van der Waals surface area contributed by atoms with Crippen LogP contribution in [0.15, 0.2) is 0 Å². The number of carbonyl (C=O) groups is 1. The molecule has 80 valence electrons. The molecule has 2 aliphatic rings. The summed E-state index contributed by atoms with van der Waals surface area (Å²) in [5.41, 5.74) is -0.135. The van der Waals surface area contributed by atoms with Crippen LogP contribution in [0.25, 0.3) is 0 Å². The molecule has 2 nitrogen and oxygen atoms in total. The number of hydrogen-bond donors (Lipinski definition) is 0. The predicted molar refractivity (Wildman–Crippen MR) is 54.8 cm³/mol. The Bertz CT molecular complexity index is 247. The maximum Gasteiger partial charge on any atom is 0.308 e. The second-order valence-electron chi connectivity index (χ2n) is 5.47. The quantitative estimate of drug-likeness (QED) is 0.635. The molecule has 2 aliphatic carbocycles. The van der Waals surface area contributed by atoms with Crippen LogP contribution in [0, 0.1) is 17.8 Å². The highest BCUT2D eigenvalue weighted by Gasteiger charge is 2.50. The lowest BCUT2D eigenvalue weighted by atomic mass is 9.85. The van der Waals surface area contributed by atoms with Crippen molar-refractivity contribution in [1.82, 2.24) is 0 Å². The lowest BCUT2D eigenvalue weighted by molar-refractivity contribution is -0.167. The Hall–Kier alpha value is -0.530. The molecule has 0 N–H and O–H groups in total. The zero-order valence-corrected chi connectivity index (χ0v) is 9.38. The fourth-order valence-corrected chi connectivity index (χ4v) is 3.03. The van der Waals surface area contributed by atoms with Crippen molar-refractivity contribution in [3.63, 3.8) is 0 Å². The van der Waals surface area contributed by atoms with E-state index in [1.54, 1.807) is 0 Å². The normalized spacial score (nSPS) is 40.6. The molecule has 2 rings (SSSR count). The summed E-state index contributed by atoms with van der Waals surface area (Å²) in [5, 5.41) is 0. The van der Waals surface area contributed by atoms with Gasteiger partial charge < -0.3 is 4.74 Å². The van der Waals surface area contributed by atoms with E-state index in [4.69, 9.17) is 4.74 Å². The fourth-order valence-electron chi connectivity index (χ4n) is 3.03. The molecule has 0 aromatic rings. The van der Waals surface area contributed by atoms with Crippen molar-refractivity contribution in [2.45, 2.75) is 52.1 Å². The second-order valence-corrected chi connectivity index (χ2v) is 5.47. The maximum absolute atomic E-state index is 11.6. The number of esters is 1. The van der Waals surface area contributed by atoms with Crippen LogP contribution in [0.1, 0.15) is 46.5 Å². The van der Waals surface area contributed by atoms with Crippen molar-refractivity contribution >= 4 is 5.97 Å². The monoisotopic (exact) mass is 196 g/mol. The van der Waals surface area contributed by atoms with Gasteiger partial charge in [0, 0.05) is 0 Å². The molecule has 14 heavy (non-hydrogen) atoms. The minimum atomic E-state index is -0.135. The summed E-state index contributed by atoms with van der Waals surface area (Å²) in [4.78, 5) is 11.6. The van der Waals surface area contributed by atoms with Gasteiger partial charge in [0.1, 0.15) is 5.60 Å². The molecule has 0 heterocycles. The Labute approximate surface area is 86.0 Å². The highest BCUT2D eigenvalue weighted by atomic mass is 16.6. The van der Waals surface area contributed by atoms with Crippen molar-refractivity contribution in [1.29, 1.82) is 0 Å². The third-order valence-electron chi connectivity index (χ3n) is 3.90. The molecule has 0 radical (unpaired) electrons. The first-order valence-electron chi connectivity index (χ1n) is 5.74. The number of fused-ring (bicyclic) bond motifs is 2. The van der Waals surface area contributed by atoms with E-state index in [2.05, 4.69) is 6.92 Å². The largest absolute Gasteiger partial charge is 0.459 e. The highest BCUT2D eigenvalue weighted by Crippen LogP contribution is 2.52. The van der Waals surface area contributed by atoms with Crippen LogP contribution in [-0.2, 0) is 9.53 Å². The Morgan fingerprint density at radius 1 is 1.43 bits per heavy atom. The molecule has 3 atom stereocenters. The molecule has 3 unspecified atom stereocenters. The van der Waals surface area contributed by atoms with Crippen LogP contribution in [0.5, 0.6) is 0 Å². The van der Waals surface area contributed by atoms with Gasteiger partial charge in [0.2, 0.25) is 0 Å². The zero-order chi connectivity index (χ0) is 10.3. The van der Waals surface area contributed by atoms with E-state index in [1.165, 1.54) is 19.3 Å². The van der Waals surface area contributed by atoms with E-state index in [0.29, 0.717) is 5.92 Å². The van der Waals surface area contributed by atoms with Gasteiger partial charge in [-0.15, -0.1) is 0 Å². The number of rotatable bonds is 2. The average Bonchev–Trinajstić information content (AvgIpc) is 2.62. The molecular weight excluding hydrogens is 176 g/mol. The summed E-state index contributed by atoms with van der Waals surface area (Å²) >= 11 is 0. The van der Waals surface area contributed by atoms with Gasteiger partial charge in [0.25, 0.3) is 0 Å². The average molecular weight is 196 g/mol. The van der Waals surface area contributed by atoms with Gasteiger partial charge in [-0.1, -0.05) is 13.8 Å². The van der Waals surface area contributed by atoms with Gasteiger partial charge in [-0.3, -0.25) is 4.79 Å². The minimum absolute atomic E-state index is 0.00551.